The predicted molar refractivity (Wildman–Crippen MR) is 83.9 cm³/mol. The van der Waals surface area contributed by atoms with Crippen molar-refractivity contribution in [3.05, 3.63) is 29.3 Å². The molecule has 0 aliphatic carbocycles. The lowest BCUT2D eigenvalue weighted by Gasteiger charge is -2.24. The summed E-state index contributed by atoms with van der Waals surface area (Å²) in [5.74, 6) is 0.711. The van der Waals surface area contributed by atoms with Crippen LogP contribution in [0.15, 0.2) is 23.4 Å². The van der Waals surface area contributed by atoms with Crippen molar-refractivity contribution in [1.29, 1.82) is 0 Å². The maximum Gasteiger partial charge on any atom is 0.173 e. The third-order valence-electron chi connectivity index (χ3n) is 4.00. The summed E-state index contributed by atoms with van der Waals surface area (Å²) >= 11 is 0. The van der Waals surface area contributed by atoms with E-state index in [-0.39, 0.29) is 5.84 Å². The van der Waals surface area contributed by atoms with Crippen LogP contribution in [-0.2, 0) is 6.54 Å². The maximum atomic E-state index is 8.89. The van der Waals surface area contributed by atoms with Crippen LogP contribution in [0.25, 0.3) is 0 Å². The van der Waals surface area contributed by atoms with E-state index in [0.717, 1.165) is 25.2 Å². The molecule has 0 amide bonds. The molecular formula is C16H25N3O2. The first kappa shape index (κ1) is 15.6. The van der Waals surface area contributed by atoms with Crippen molar-refractivity contribution >= 4 is 5.84 Å². The van der Waals surface area contributed by atoms with Crippen LogP contribution < -0.4 is 10.5 Å². The molecule has 0 saturated carbocycles. The molecule has 0 spiro atoms. The summed E-state index contributed by atoms with van der Waals surface area (Å²) in [5, 5.41) is 12.0. The Kier molecular flexibility index (Phi) is 5.87. The zero-order valence-corrected chi connectivity index (χ0v) is 12.7. The van der Waals surface area contributed by atoms with E-state index < -0.39 is 0 Å². The molecule has 0 atom stereocenters. The van der Waals surface area contributed by atoms with Gasteiger partial charge in [0.25, 0.3) is 0 Å². The van der Waals surface area contributed by atoms with Gasteiger partial charge in [0, 0.05) is 6.54 Å². The molecule has 0 radical (unpaired) electrons. The van der Waals surface area contributed by atoms with Gasteiger partial charge in [-0.15, -0.1) is 0 Å². The number of benzene rings is 1. The molecular weight excluding hydrogens is 266 g/mol. The van der Waals surface area contributed by atoms with Crippen LogP contribution in [0.4, 0.5) is 0 Å². The van der Waals surface area contributed by atoms with Crippen molar-refractivity contribution in [2.24, 2.45) is 10.9 Å². The molecule has 5 nitrogen and oxygen atoms in total. The van der Waals surface area contributed by atoms with Gasteiger partial charge in [0.1, 0.15) is 5.75 Å². The largest absolute Gasteiger partial charge is 0.496 e. The van der Waals surface area contributed by atoms with Crippen LogP contribution >= 0.6 is 0 Å². The smallest absolute Gasteiger partial charge is 0.173 e. The molecule has 1 saturated heterocycles. The van der Waals surface area contributed by atoms with Crippen molar-refractivity contribution < 1.29 is 9.94 Å². The van der Waals surface area contributed by atoms with Crippen molar-refractivity contribution in [3.63, 3.8) is 0 Å². The number of amidine groups is 1. The van der Waals surface area contributed by atoms with E-state index in [0.29, 0.717) is 11.3 Å². The number of hydrogen-bond donors (Lipinski definition) is 2. The van der Waals surface area contributed by atoms with Gasteiger partial charge < -0.3 is 15.7 Å². The minimum atomic E-state index is 0.0846. The van der Waals surface area contributed by atoms with Gasteiger partial charge in [-0.25, -0.2) is 0 Å². The van der Waals surface area contributed by atoms with Gasteiger partial charge in [-0.1, -0.05) is 30.5 Å². The molecule has 1 aromatic carbocycles. The zero-order valence-electron chi connectivity index (χ0n) is 12.7. The van der Waals surface area contributed by atoms with Gasteiger partial charge in [-0.05, 0) is 43.6 Å². The highest BCUT2D eigenvalue weighted by Crippen LogP contribution is 2.21. The topological polar surface area (TPSA) is 71.1 Å². The first-order valence-corrected chi connectivity index (χ1v) is 7.61. The van der Waals surface area contributed by atoms with E-state index in [4.69, 9.17) is 15.7 Å². The lowest BCUT2D eigenvalue weighted by atomic mass is 10.1. The molecule has 1 aliphatic rings. The number of nitrogens with two attached hydrogens (primary N) is 1. The number of rotatable bonds is 4. The normalized spacial score (nSPS) is 18.0. The lowest BCUT2D eigenvalue weighted by Crippen LogP contribution is -2.27. The van der Waals surface area contributed by atoms with E-state index in [1.54, 1.807) is 7.11 Å². The van der Waals surface area contributed by atoms with Crippen molar-refractivity contribution in [2.75, 3.05) is 20.2 Å². The second-order valence-corrected chi connectivity index (χ2v) is 5.56. The number of methoxy groups -OCH3 is 1. The van der Waals surface area contributed by atoms with Crippen molar-refractivity contribution in [1.82, 2.24) is 4.90 Å². The van der Waals surface area contributed by atoms with Crippen LogP contribution in [0.2, 0.25) is 0 Å². The number of oxime groups is 1. The van der Waals surface area contributed by atoms with E-state index in [2.05, 4.69) is 10.1 Å². The van der Waals surface area contributed by atoms with E-state index in [9.17, 15) is 0 Å². The second-order valence-electron chi connectivity index (χ2n) is 5.56. The van der Waals surface area contributed by atoms with Crippen LogP contribution in [-0.4, -0.2) is 36.1 Å². The first-order valence-electron chi connectivity index (χ1n) is 7.61. The van der Waals surface area contributed by atoms with Gasteiger partial charge in [0.2, 0.25) is 0 Å². The standard InChI is InChI=1S/C16H25N3O2/c1-21-15-8-7-13(11-14(15)16(17)18-20)12-19-9-5-3-2-4-6-10-19/h7-8,11,20H,2-6,9-10,12H2,1H3,(H2,17,18). The van der Waals surface area contributed by atoms with Gasteiger partial charge in [-0.3, -0.25) is 4.90 Å². The lowest BCUT2D eigenvalue weighted by molar-refractivity contribution is 0.239. The molecule has 0 aromatic heterocycles. The van der Waals surface area contributed by atoms with E-state index in [1.165, 1.54) is 32.1 Å². The Balaban J connectivity index is 2.12. The Morgan fingerprint density at radius 3 is 2.52 bits per heavy atom. The van der Waals surface area contributed by atoms with Gasteiger partial charge in [0.05, 0.1) is 12.7 Å². The molecule has 1 aliphatic heterocycles. The number of nitrogens with zero attached hydrogens (tertiary/aromatic N) is 2. The molecule has 5 heteroatoms. The van der Waals surface area contributed by atoms with Crippen molar-refractivity contribution in [2.45, 2.75) is 38.6 Å². The molecule has 116 valence electrons. The van der Waals surface area contributed by atoms with Crippen molar-refractivity contribution in [3.8, 4) is 5.75 Å². The van der Waals surface area contributed by atoms with Gasteiger partial charge >= 0.3 is 0 Å². The summed E-state index contributed by atoms with van der Waals surface area (Å²) in [6, 6.07) is 5.88. The Hall–Kier alpha value is -1.75. The number of likely N-dealkylation sites (tertiary alicyclic amines) is 1. The average molecular weight is 291 g/mol. The molecule has 1 aromatic rings. The van der Waals surface area contributed by atoms with Gasteiger partial charge in [0.15, 0.2) is 5.84 Å². The van der Waals surface area contributed by atoms with Crippen LogP contribution in [0, 0.1) is 0 Å². The molecule has 0 unspecified atom stereocenters. The highest BCUT2D eigenvalue weighted by Gasteiger charge is 2.12. The SMILES string of the molecule is COc1ccc(CN2CCCCCCC2)cc1C(N)=NO. The molecule has 0 bridgehead atoms. The third-order valence-corrected chi connectivity index (χ3v) is 4.00. The predicted octanol–water partition coefficient (Wildman–Crippen LogP) is 2.56. The van der Waals surface area contributed by atoms with Crippen LogP contribution in [0.3, 0.4) is 0 Å². The Morgan fingerprint density at radius 2 is 1.90 bits per heavy atom. The molecule has 3 N–H and O–H groups in total. The molecule has 1 heterocycles. The molecule has 21 heavy (non-hydrogen) atoms. The fourth-order valence-electron chi connectivity index (χ4n) is 2.84. The monoisotopic (exact) mass is 291 g/mol. The highest BCUT2D eigenvalue weighted by molar-refractivity contribution is 5.99. The van der Waals surface area contributed by atoms with Crippen LogP contribution in [0.5, 0.6) is 5.75 Å². The fourth-order valence-corrected chi connectivity index (χ4v) is 2.84. The summed E-state index contributed by atoms with van der Waals surface area (Å²) in [7, 11) is 1.58. The second kappa shape index (κ2) is 7.88. The summed E-state index contributed by atoms with van der Waals surface area (Å²) in [6.07, 6.45) is 6.56. The van der Waals surface area contributed by atoms with E-state index >= 15 is 0 Å². The zero-order chi connectivity index (χ0) is 15.1. The fraction of sp³-hybridized carbons (Fsp3) is 0.562. The quantitative estimate of drug-likeness (QED) is 0.387. The first-order chi connectivity index (χ1) is 10.2. The Morgan fingerprint density at radius 1 is 1.24 bits per heavy atom. The maximum absolute atomic E-state index is 8.89. The summed E-state index contributed by atoms with van der Waals surface area (Å²) in [6.45, 7) is 3.19. The Labute approximate surface area is 126 Å². The molecule has 1 fully saturated rings. The Bertz CT molecular complexity index is 480. The minimum Gasteiger partial charge on any atom is -0.496 e. The average Bonchev–Trinajstić information content (AvgIpc) is 2.49. The third kappa shape index (κ3) is 4.36. The van der Waals surface area contributed by atoms with Crippen LogP contribution in [0.1, 0.15) is 43.2 Å². The molecule has 2 rings (SSSR count). The van der Waals surface area contributed by atoms with Gasteiger partial charge in [-0.2, -0.15) is 0 Å². The summed E-state index contributed by atoms with van der Waals surface area (Å²) in [5.41, 5.74) is 7.53. The number of hydrogen-bond acceptors (Lipinski definition) is 4. The van der Waals surface area contributed by atoms with E-state index in [1.807, 2.05) is 18.2 Å². The summed E-state index contributed by atoms with van der Waals surface area (Å²) in [4.78, 5) is 2.48. The summed E-state index contributed by atoms with van der Waals surface area (Å²) < 4.78 is 5.26. The number of ether oxygens (including phenoxy) is 1. The minimum absolute atomic E-state index is 0.0846. The highest BCUT2D eigenvalue weighted by atomic mass is 16.5.